The average molecular weight is 239 g/mol. The molecular formula is C10H17N5O2. The molecule has 1 unspecified atom stereocenters. The Morgan fingerprint density at radius 3 is 2.94 bits per heavy atom. The maximum absolute atomic E-state index is 11.4. The molecule has 94 valence electrons. The Kier molecular flexibility index (Phi) is 4.08. The number of nitrogen functional groups attached to an aromatic ring is 1. The first-order chi connectivity index (χ1) is 7.97. The van der Waals surface area contributed by atoms with E-state index in [9.17, 15) is 9.59 Å². The van der Waals surface area contributed by atoms with Gasteiger partial charge in [0.05, 0.1) is 12.2 Å². The number of aromatic nitrogens is 2. The van der Waals surface area contributed by atoms with Crippen LogP contribution in [-0.2, 0) is 4.79 Å². The molecule has 1 rings (SSSR count). The van der Waals surface area contributed by atoms with Crippen LogP contribution in [0.3, 0.4) is 0 Å². The van der Waals surface area contributed by atoms with Crippen molar-refractivity contribution in [3.05, 3.63) is 16.7 Å². The molecule has 0 aromatic carbocycles. The molecular weight excluding hydrogens is 222 g/mol. The van der Waals surface area contributed by atoms with Gasteiger partial charge in [0.25, 0.3) is 5.56 Å². The maximum atomic E-state index is 11.4. The SMILES string of the molecule is CNC(=O)C(C)CN(C)c1nc[nH]c(=O)c1N. The first kappa shape index (κ1) is 13.0. The van der Waals surface area contributed by atoms with Gasteiger partial charge in [-0.3, -0.25) is 9.59 Å². The highest BCUT2D eigenvalue weighted by Crippen LogP contribution is 2.14. The van der Waals surface area contributed by atoms with Crippen LogP contribution in [0.2, 0.25) is 0 Å². The third-order valence-corrected chi connectivity index (χ3v) is 2.47. The number of anilines is 2. The molecule has 1 amide bonds. The number of amides is 1. The molecule has 0 saturated carbocycles. The van der Waals surface area contributed by atoms with Crippen LogP contribution in [0.25, 0.3) is 0 Å². The zero-order valence-corrected chi connectivity index (χ0v) is 10.2. The molecule has 0 spiro atoms. The number of nitrogens with two attached hydrogens (primary N) is 1. The van der Waals surface area contributed by atoms with E-state index >= 15 is 0 Å². The summed E-state index contributed by atoms with van der Waals surface area (Å²) < 4.78 is 0. The van der Waals surface area contributed by atoms with Crippen LogP contribution in [0.15, 0.2) is 11.1 Å². The van der Waals surface area contributed by atoms with Crippen molar-refractivity contribution in [3.8, 4) is 0 Å². The third kappa shape index (κ3) is 2.96. The fourth-order valence-corrected chi connectivity index (χ4v) is 1.53. The van der Waals surface area contributed by atoms with E-state index in [2.05, 4.69) is 15.3 Å². The summed E-state index contributed by atoms with van der Waals surface area (Å²) in [7, 11) is 3.32. The summed E-state index contributed by atoms with van der Waals surface area (Å²) >= 11 is 0. The molecule has 0 bridgehead atoms. The van der Waals surface area contributed by atoms with E-state index in [1.54, 1.807) is 25.9 Å². The maximum Gasteiger partial charge on any atom is 0.276 e. The summed E-state index contributed by atoms with van der Waals surface area (Å²) in [6, 6.07) is 0. The monoisotopic (exact) mass is 239 g/mol. The largest absolute Gasteiger partial charge is 0.391 e. The fourth-order valence-electron chi connectivity index (χ4n) is 1.53. The standard InChI is InChI=1S/C10H17N5O2/c1-6(9(16)12-2)4-15(3)8-7(11)10(17)14-5-13-8/h5-6H,4,11H2,1-3H3,(H,12,16)(H,13,14,17). The van der Waals surface area contributed by atoms with Crippen molar-refractivity contribution in [3.63, 3.8) is 0 Å². The second kappa shape index (κ2) is 5.33. The Balaban J connectivity index is 2.83. The van der Waals surface area contributed by atoms with Crippen molar-refractivity contribution in [2.45, 2.75) is 6.92 Å². The van der Waals surface area contributed by atoms with Crippen LogP contribution in [0.4, 0.5) is 11.5 Å². The second-order valence-electron chi connectivity index (χ2n) is 3.86. The Hall–Kier alpha value is -2.05. The zero-order valence-electron chi connectivity index (χ0n) is 10.2. The van der Waals surface area contributed by atoms with Gasteiger partial charge in [-0.15, -0.1) is 0 Å². The van der Waals surface area contributed by atoms with Gasteiger partial charge in [-0.25, -0.2) is 4.98 Å². The Morgan fingerprint density at radius 1 is 1.71 bits per heavy atom. The predicted octanol–water partition coefficient (Wildman–Crippen LogP) is -0.830. The number of aromatic amines is 1. The molecule has 0 saturated heterocycles. The lowest BCUT2D eigenvalue weighted by molar-refractivity contribution is -0.123. The van der Waals surface area contributed by atoms with Crippen molar-refractivity contribution in [2.75, 3.05) is 31.3 Å². The number of hydrogen-bond donors (Lipinski definition) is 3. The van der Waals surface area contributed by atoms with Gasteiger partial charge in [0.2, 0.25) is 5.91 Å². The average Bonchev–Trinajstić information content (AvgIpc) is 2.31. The summed E-state index contributed by atoms with van der Waals surface area (Å²) in [5, 5.41) is 2.56. The molecule has 0 radical (unpaired) electrons. The van der Waals surface area contributed by atoms with E-state index in [1.165, 1.54) is 6.33 Å². The third-order valence-electron chi connectivity index (χ3n) is 2.47. The number of rotatable bonds is 4. The number of hydrogen-bond acceptors (Lipinski definition) is 5. The topological polar surface area (TPSA) is 104 Å². The van der Waals surface area contributed by atoms with E-state index in [0.29, 0.717) is 12.4 Å². The van der Waals surface area contributed by atoms with E-state index in [-0.39, 0.29) is 23.1 Å². The fraction of sp³-hybridized carbons (Fsp3) is 0.500. The summed E-state index contributed by atoms with van der Waals surface area (Å²) in [4.78, 5) is 30.7. The van der Waals surface area contributed by atoms with Gasteiger partial charge in [-0.05, 0) is 0 Å². The van der Waals surface area contributed by atoms with Gasteiger partial charge in [-0.1, -0.05) is 6.92 Å². The van der Waals surface area contributed by atoms with Gasteiger partial charge in [0, 0.05) is 20.6 Å². The molecule has 0 aliphatic carbocycles. The lowest BCUT2D eigenvalue weighted by Gasteiger charge is -2.22. The minimum Gasteiger partial charge on any atom is -0.391 e. The van der Waals surface area contributed by atoms with Crippen molar-refractivity contribution in [1.29, 1.82) is 0 Å². The molecule has 7 nitrogen and oxygen atoms in total. The van der Waals surface area contributed by atoms with Crippen LogP contribution in [-0.4, -0.2) is 36.5 Å². The smallest absolute Gasteiger partial charge is 0.276 e. The predicted molar refractivity (Wildman–Crippen MR) is 65.8 cm³/mol. The molecule has 1 heterocycles. The molecule has 7 heteroatoms. The van der Waals surface area contributed by atoms with Crippen LogP contribution in [0.5, 0.6) is 0 Å². The van der Waals surface area contributed by atoms with Crippen molar-refractivity contribution >= 4 is 17.4 Å². The molecule has 0 fully saturated rings. The zero-order chi connectivity index (χ0) is 13.0. The van der Waals surface area contributed by atoms with Gasteiger partial charge in [0.15, 0.2) is 5.82 Å². The molecule has 1 aromatic rings. The second-order valence-corrected chi connectivity index (χ2v) is 3.86. The molecule has 1 aromatic heterocycles. The minimum atomic E-state index is -0.380. The Labute approximate surface area is 99.0 Å². The summed E-state index contributed by atoms with van der Waals surface area (Å²) in [5.41, 5.74) is 5.29. The van der Waals surface area contributed by atoms with E-state index < -0.39 is 0 Å². The van der Waals surface area contributed by atoms with E-state index in [0.717, 1.165) is 0 Å². The Morgan fingerprint density at radius 2 is 2.35 bits per heavy atom. The number of carbonyl (C=O) groups is 1. The first-order valence-electron chi connectivity index (χ1n) is 5.23. The van der Waals surface area contributed by atoms with Crippen LogP contribution >= 0.6 is 0 Å². The van der Waals surface area contributed by atoms with Crippen molar-refractivity contribution in [1.82, 2.24) is 15.3 Å². The molecule has 0 aliphatic rings. The number of H-pyrrole nitrogens is 1. The van der Waals surface area contributed by atoms with Crippen LogP contribution in [0, 0.1) is 5.92 Å². The van der Waals surface area contributed by atoms with E-state index in [4.69, 9.17) is 5.73 Å². The summed E-state index contributed by atoms with van der Waals surface area (Å²) in [6.07, 6.45) is 1.29. The molecule has 0 aliphatic heterocycles. The lowest BCUT2D eigenvalue weighted by Crippen LogP contribution is -2.35. The normalized spacial score (nSPS) is 11.9. The first-order valence-corrected chi connectivity index (χ1v) is 5.23. The van der Waals surface area contributed by atoms with Gasteiger partial charge in [0.1, 0.15) is 5.69 Å². The highest BCUT2D eigenvalue weighted by atomic mass is 16.1. The van der Waals surface area contributed by atoms with Crippen LogP contribution in [0.1, 0.15) is 6.92 Å². The van der Waals surface area contributed by atoms with E-state index in [1.807, 2.05) is 0 Å². The summed E-state index contributed by atoms with van der Waals surface area (Å²) in [5.74, 6) is 0.0928. The van der Waals surface area contributed by atoms with Gasteiger partial charge in [-0.2, -0.15) is 0 Å². The van der Waals surface area contributed by atoms with Crippen molar-refractivity contribution < 1.29 is 4.79 Å². The number of nitrogens with one attached hydrogen (secondary N) is 2. The highest BCUT2D eigenvalue weighted by molar-refractivity contribution is 5.78. The number of nitrogens with zero attached hydrogens (tertiary/aromatic N) is 2. The van der Waals surface area contributed by atoms with Crippen LogP contribution < -0.4 is 21.5 Å². The number of carbonyl (C=O) groups excluding carboxylic acids is 1. The van der Waals surface area contributed by atoms with Gasteiger partial charge >= 0.3 is 0 Å². The quantitative estimate of drug-likeness (QED) is 0.636. The molecule has 1 atom stereocenters. The lowest BCUT2D eigenvalue weighted by atomic mass is 10.1. The van der Waals surface area contributed by atoms with Crippen molar-refractivity contribution in [2.24, 2.45) is 5.92 Å². The minimum absolute atomic E-state index is 0.0547. The molecule has 4 N–H and O–H groups in total. The molecule has 17 heavy (non-hydrogen) atoms. The Bertz CT molecular complexity index is 456. The highest BCUT2D eigenvalue weighted by Gasteiger charge is 2.16. The summed E-state index contributed by atoms with van der Waals surface area (Å²) in [6.45, 7) is 2.22. The van der Waals surface area contributed by atoms with Gasteiger partial charge < -0.3 is 20.9 Å².